The van der Waals surface area contributed by atoms with Crippen LogP contribution in [-0.4, -0.2) is 51.2 Å². The van der Waals surface area contributed by atoms with Crippen molar-refractivity contribution in [1.29, 1.82) is 0 Å². The first-order valence-electron chi connectivity index (χ1n) is 11.2. The first kappa shape index (κ1) is 25.5. The molecule has 5 N–H and O–H groups in total. The second kappa shape index (κ2) is 11.4. The molecule has 0 saturated heterocycles. The second-order valence-electron chi connectivity index (χ2n) is 7.85. The third-order valence-electron chi connectivity index (χ3n) is 5.38. The smallest absolute Gasteiger partial charge is 0.271 e. The Hall–Kier alpha value is -5.58. The van der Waals surface area contributed by atoms with Crippen molar-refractivity contribution in [2.24, 2.45) is 10.2 Å². The summed E-state index contributed by atoms with van der Waals surface area (Å²) in [6.45, 7) is 0. The summed E-state index contributed by atoms with van der Waals surface area (Å²) in [6.07, 6.45) is 4.44. The lowest BCUT2D eigenvalue weighted by Crippen LogP contribution is -2.17. The third-order valence-corrected chi connectivity index (χ3v) is 5.38. The Balaban J connectivity index is 1.49. The number of carbonyl (C=O) groups excluding carboxylic acids is 2. The molecule has 38 heavy (non-hydrogen) atoms. The number of methoxy groups -OCH3 is 1. The zero-order chi connectivity index (χ0) is 27.1. The van der Waals surface area contributed by atoms with Gasteiger partial charge in [-0.1, -0.05) is 0 Å². The fourth-order valence-electron chi connectivity index (χ4n) is 3.46. The van der Waals surface area contributed by atoms with Gasteiger partial charge in [-0.3, -0.25) is 9.59 Å². The number of ether oxygens (including phenoxy) is 1. The molecule has 0 bridgehead atoms. The lowest BCUT2D eigenvalue weighted by Gasteiger charge is -2.14. The summed E-state index contributed by atoms with van der Waals surface area (Å²) in [5.41, 5.74) is 6.78. The molecule has 0 atom stereocenters. The number of nitrogens with one attached hydrogen (secondary N) is 2. The fraction of sp³-hybridized carbons (Fsp3) is 0.0370. The van der Waals surface area contributed by atoms with Gasteiger partial charge in [-0.15, -0.1) is 0 Å². The molecule has 0 aliphatic rings. The zero-order valence-corrected chi connectivity index (χ0v) is 20.1. The summed E-state index contributed by atoms with van der Waals surface area (Å²) in [5, 5.41) is 37.4. The van der Waals surface area contributed by atoms with Crippen molar-refractivity contribution < 1.29 is 29.6 Å². The van der Waals surface area contributed by atoms with Crippen LogP contribution in [0.4, 0.5) is 0 Å². The van der Waals surface area contributed by atoms with Gasteiger partial charge >= 0.3 is 0 Å². The summed E-state index contributed by atoms with van der Waals surface area (Å²) in [6, 6.07) is 18.2. The predicted octanol–water partition coefficient (Wildman–Crippen LogP) is 3.13. The maximum absolute atomic E-state index is 12.2. The van der Waals surface area contributed by atoms with Crippen molar-refractivity contribution in [2.75, 3.05) is 7.11 Å². The lowest BCUT2D eigenvalue weighted by atomic mass is 10.1. The molecular formula is C27H23N5O6. The van der Waals surface area contributed by atoms with Crippen LogP contribution in [0.5, 0.6) is 23.0 Å². The highest BCUT2D eigenvalue weighted by atomic mass is 16.5. The van der Waals surface area contributed by atoms with E-state index >= 15 is 0 Å². The largest absolute Gasteiger partial charge is 0.508 e. The molecule has 0 saturated carbocycles. The monoisotopic (exact) mass is 513 g/mol. The molecule has 0 aliphatic heterocycles. The molecule has 0 unspecified atom stereocenters. The van der Waals surface area contributed by atoms with Crippen LogP contribution in [0.25, 0.3) is 5.69 Å². The SMILES string of the molecule is COc1c(-n2cccc2C=NNC(=O)c2ccc(O)cc2)ccc(C=NNC(=O)c2ccc(O)cc2)c1O. The van der Waals surface area contributed by atoms with E-state index in [0.717, 1.165) is 0 Å². The van der Waals surface area contributed by atoms with Crippen molar-refractivity contribution in [2.45, 2.75) is 0 Å². The molecule has 1 heterocycles. The highest BCUT2D eigenvalue weighted by Gasteiger charge is 2.16. The van der Waals surface area contributed by atoms with Gasteiger partial charge in [0.2, 0.25) is 0 Å². The van der Waals surface area contributed by atoms with E-state index < -0.39 is 11.8 Å². The number of aromatic hydroxyl groups is 3. The topological polar surface area (TPSA) is 158 Å². The molecule has 4 rings (SSSR count). The van der Waals surface area contributed by atoms with E-state index in [1.54, 1.807) is 35.0 Å². The van der Waals surface area contributed by atoms with Crippen molar-refractivity contribution >= 4 is 24.2 Å². The van der Waals surface area contributed by atoms with Gasteiger partial charge in [-0.05, 0) is 72.8 Å². The molecule has 11 nitrogen and oxygen atoms in total. The molecule has 2 amide bonds. The molecule has 0 spiro atoms. The van der Waals surface area contributed by atoms with E-state index in [2.05, 4.69) is 21.1 Å². The Morgan fingerprint density at radius 1 is 0.789 bits per heavy atom. The molecule has 11 heteroatoms. The van der Waals surface area contributed by atoms with Gasteiger partial charge in [0, 0.05) is 22.9 Å². The lowest BCUT2D eigenvalue weighted by molar-refractivity contribution is 0.0947. The highest BCUT2D eigenvalue weighted by Crippen LogP contribution is 2.36. The number of carbonyl (C=O) groups is 2. The van der Waals surface area contributed by atoms with Crippen LogP contribution in [0.3, 0.4) is 0 Å². The van der Waals surface area contributed by atoms with Crippen molar-refractivity contribution in [1.82, 2.24) is 15.4 Å². The molecule has 0 radical (unpaired) electrons. The average Bonchev–Trinajstić information content (AvgIpc) is 3.38. The molecule has 192 valence electrons. The van der Waals surface area contributed by atoms with Crippen LogP contribution in [0.15, 0.2) is 89.2 Å². The van der Waals surface area contributed by atoms with Crippen molar-refractivity contribution in [3.05, 3.63) is 101 Å². The standard InChI is InChI=1S/C27H23N5O6/c1-38-25-23(13-8-19(24(25)35)15-28-30-26(36)17-4-9-21(33)10-5-17)32-14-2-3-20(32)16-29-31-27(37)18-6-11-22(34)12-7-18/h2-16,33-35H,1H3,(H,30,36)(H,31,37). The number of phenols is 3. The van der Waals surface area contributed by atoms with Crippen LogP contribution in [0.1, 0.15) is 32.0 Å². The number of hydrogen-bond acceptors (Lipinski definition) is 8. The minimum atomic E-state index is -0.488. The summed E-state index contributed by atoms with van der Waals surface area (Å²) in [5.74, 6) is -0.897. The number of amides is 2. The van der Waals surface area contributed by atoms with Crippen LogP contribution < -0.4 is 15.6 Å². The highest BCUT2D eigenvalue weighted by molar-refractivity contribution is 5.96. The Bertz CT molecular complexity index is 1510. The molecular weight excluding hydrogens is 490 g/mol. The van der Waals surface area contributed by atoms with E-state index in [1.165, 1.54) is 68.1 Å². The van der Waals surface area contributed by atoms with Gasteiger partial charge in [-0.25, -0.2) is 10.9 Å². The van der Waals surface area contributed by atoms with Gasteiger partial charge in [0.05, 0.1) is 30.9 Å². The average molecular weight is 514 g/mol. The fourth-order valence-corrected chi connectivity index (χ4v) is 3.46. The number of aromatic nitrogens is 1. The maximum atomic E-state index is 12.2. The third kappa shape index (κ3) is 5.79. The van der Waals surface area contributed by atoms with E-state index in [0.29, 0.717) is 28.1 Å². The molecule has 0 aliphatic carbocycles. The maximum Gasteiger partial charge on any atom is 0.271 e. The van der Waals surface area contributed by atoms with Crippen LogP contribution >= 0.6 is 0 Å². The summed E-state index contributed by atoms with van der Waals surface area (Å²) in [7, 11) is 1.40. The molecule has 3 aromatic carbocycles. The Morgan fingerprint density at radius 3 is 1.89 bits per heavy atom. The number of nitrogens with zero attached hydrogens (tertiary/aromatic N) is 3. The van der Waals surface area contributed by atoms with Gasteiger partial charge in [0.1, 0.15) is 11.5 Å². The summed E-state index contributed by atoms with van der Waals surface area (Å²) < 4.78 is 7.13. The van der Waals surface area contributed by atoms with E-state index in [4.69, 9.17) is 4.74 Å². The minimum absolute atomic E-state index is 0.0399. The van der Waals surface area contributed by atoms with Gasteiger partial charge < -0.3 is 24.6 Å². The Labute approximate surface area is 216 Å². The first-order valence-corrected chi connectivity index (χ1v) is 11.2. The Kier molecular flexibility index (Phi) is 7.68. The minimum Gasteiger partial charge on any atom is -0.508 e. The quantitative estimate of drug-likeness (QED) is 0.180. The van der Waals surface area contributed by atoms with Crippen LogP contribution in [-0.2, 0) is 0 Å². The molecule has 4 aromatic rings. The molecule has 1 aromatic heterocycles. The van der Waals surface area contributed by atoms with Gasteiger partial charge in [-0.2, -0.15) is 10.2 Å². The normalized spacial score (nSPS) is 11.1. The van der Waals surface area contributed by atoms with Crippen LogP contribution in [0.2, 0.25) is 0 Å². The predicted molar refractivity (Wildman–Crippen MR) is 140 cm³/mol. The van der Waals surface area contributed by atoms with E-state index in [9.17, 15) is 24.9 Å². The summed E-state index contributed by atoms with van der Waals surface area (Å²) in [4.78, 5) is 24.4. The Morgan fingerprint density at radius 2 is 1.34 bits per heavy atom. The number of hydrogen-bond donors (Lipinski definition) is 5. The number of hydrazone groups is 2. The first-order chi connectivity index (χ1) is 18.4. The van der Waals surface area contributed by atoms with Crippen molar-refractivity contribution in [3.8, 4) is 28.7 Å². The zero-order valence-electron chi connectivity index (χ0n) is 20.1. The van der Waals surface area contributed by atoms with Gasteiger partial charge in [0.25, 0.3) is 11.8 Å². The molecule has 0 fully saturated rings. The van der Waals surface area contributed by atoms with E-state index in [-0.39, 0.29) is 23.0 Å². The van der Waals surface area contributed by atoms with E-state index in [1.807, 2.05) is 0 Å². The van der Waals surface area contributed by atoms with Crippen molar-refractivity contribution in [3.63, 3.8) is 0 Å². The van der Waals surface area contributed by atoms with Gasteiger partial charge in [0.15, 0.2) is 11.5 Å². The number of benzene rings is 3. The second-order valence-corrected chi connectivity index (χ2v) is 7.85. The summed E-state index contributed by atoms with van der Waals surface area (Å²) >= 11 is 0. The number of rotatable bonds is 8. The van der Waals surface area contributed by atoms with Crippen LogP contribution in [0, 0.1) is 0 Å². The number of phenolic OH excluding ortho intramolecular Hbond substituents is 3.